The lowest BCUT2D eigenvalue weighted by atomic mass is 9.62. The summed E-state index contributed by atoms with van der Waals surface area (Å²) in [5.41, 5.74) is 2.09. The average Bonchev–Trinajstić information content (AvgIpc) is 3.34. The van der Waals surface area contributed by atoms with Gasteiger partial charge in [0, 0.05) is 24.9 Å². The van der Waals surface area contributed by atoms with E-state index in [9.17, 15) is 18.3 Å². The van der Waals surface area contributed by atoms with E-state index in [1.54, 1.807) is 0 Å². The van der Waals surface area contributed by atoms with Crippen molar-refractivity contribution in [1.82, 2.24) is 9.21 Å². The van der Waals surface area contributed by atoms with E-state index in [1.807, 2.05) is 78.6 Å². The summed E-state index contributed by atoms with van der Waals surface area (Å²) in [6.45, 7) is 2.48. The fourth-order valence-electron chi connectivity index (χ4n) is 6.47. The molecule has 7 heteroatoms. The van der Waals surface area contributed by atoms with Crippen molar-refractivity contribution in [3.8, 4) is 0 Å². The molecule has 1 amide bonds. The fraction of sp³-hybridized carbons (Fsp3) is 0.464. The zero-order valence-electron chi connectivity index (χ0n) is 20.2. The van der Waals surface area contributed by atoms with Crippen LogP contribution in [0.1, 0.15) is 55.2 Å². The Hall–Kier alpha value is -2.48. The molecule has 2 aromatic rings. The van der Waals surface area contributed by atoms with E-state index in [1.165, 1.54) is 4.31 Å². The van der Waals surface area contributed by atoms with Crippen LogP contribution in [0.25, 0.3) is 6.08 Å². The summed E-state index contributed by atoms with van der Waals surface area (Å²) in [7, 11) is -3.71. The predicted octanol–water partition coefficient (Wildman–Crippen LogP) is 3.78. The molecule has 0 bridgehead atoms. The molecule has 1 saturated carbocycles. The van der Waals surface area contributed by atoms with Crippen LogP contribution in [0.3, 0.4) is 0 Å². The highest BCUT2D eigenvalue weighted by Gasteiger charge is 2.70. The number of sulfonamides is 1. The Balaban J connectivity index is 1.46. The van der Waals surface area contributed by atoms with Crippen LogP contribution in [0.2, 0.25) is 0 Å². The highest BCUT2D eigenvalue weighted by molar-refractivity contribution is 7.88. The Kier molecular flexibility index (Phi) is 6.59. The molecular formula is C28H34N2O4S. The average molecular weight is 495 g/mol. The second kappa shape index (κ2) is 9.52. The molecule has 2 aromatic carbocycles. The van der Waals surface area contributed by atoms with E-state index in [2.05, 4.69) is 0 Å². The first kappa shape index (κ1) is 24.2. The van der Waals surface area contributed by atoms with Gasteiger partial charge in [-0.05, 0) is 36.5 Å². The van der Waals surface area contributed by atoms with Gasteiger partial charge in [-0.15, -0.1) is 0 Å². The summed E-state index contributed by atoms with van der Waals surface area (Å²) in [6.07, 6.45) is 8.01. The number of benzene rings is 2. The number of likely N-dealkylation sites (tertiary alicyclic amines) is 1. The van der Waals surface area contributed by atoms with Gasteiger partial charge in [0.15, 0.2) is 0 Å². The number of nitrogens with zero attached hydrogens (tertiary/aromatic N) is 2. The third-order valence-electron chi connectivity index (χ3n) is 7.98. The summed E-state index contributed by atoms with van der Waals surface area (Å²) < 4.78 is 29.0. The van der Waals surface area contributed by atoms with Crippen molar-refractivity contribution in [1.29, 1.82) is 0 Å². The van der Waals surface area contributed by atoms with E-state index in [0.717, 1.165) is 42.4 Å². The summed E-state index contributed by atoms with van der Waals surface area (Å²) in [6, 6.07) is 16.7. The van der Waals surface area contributed by atoms with Gasteiger partial charge in [-0.2, -0.15) is 4.31 Å². The van der Waals surface area contributed by atoms with Gasteiger partial charge in [0.05, 0.1) is 23.9 Å². The molecule has 3 fully saturated rings. The number of carbonyl (C=O) groups excluding carboxylic acids is 1. The van der Waals surface area contributed by atoms with Crippen LogP contribution in [-0.2, 0) is 20.6 Å². The Morgan fingerprint density at radius 2 is 1.71 bits per heavy atom. The number of aliphatic hydroxyl groups is 1. The summed E-state index contributed by atoms with van der Waals surface area (Å²) in [5, 5.41) is 10.4. The van der Waals surface area contributed by atoms with Crippen LogP contribution >= 0.6 is 0 Å². The van der Waals surface area contributed by atoms with Gasteiger partial charge >= 0.3 is 0 Å². The maximum atomic E-state index is 13.7. The van der Waals surface area contributed by atoms with Gasteiger partial charge in [-0.3, -0.25) is 4.79 Å². The molecule has 0 aromatic heterocycles. The number of allylic oxidation sites excluding steroid dienone is 1. The molecule has 0 unspecified atom stereocenters. The lowest BCUT2D eigenvalue weighted by molar-refractivity contribution is -0.170. The molecule has 2 heterocycles. The monoisotopic (exact) mass is 494 g/mol. The quantitative estimate of drug-likeness (QED) is 0.636. The predicted molar refractivity (Wildman–Crippen MR) is 137 cm³/mol. The molecule has 1 aliphatic carbocycles. The number of aliphatic hydroxyl groups excluding tert-OH is 1. The molecule has 1 spiro atoms. The van der Waals surface area contributed by atoms with E-state index < -0.39 is 21.6 Å². The molecule has 2 aliphatic heterocycles. The number of rotatable bonds is 7. The highest BCUT2D eigenvalue weighted by atomic mass is 32.2. The van der Waals surface area contributed by atoms with Gasteiger partial charge in [-0.1, -0.05) is 79.6 Å². The standard InChI is InChI=1S/C28H34N2O4S/c1-2-8-21-13-15-23(16-14-21)26-25(17-31)30(35(33,34)18-22-9-4-3-5-10-22)28(26)19-29(20-28)27(32)24-11-6-7-12-24/h2-5,8-10,13-16,24-26,31H,6-7,11-12,17-20H2,1H3/b8-2+/t25-,26-/m0/s1. The van der Waals surface area contributed by atoms with Gasteiger partial charge < -0.3 is 10.0 Å². The first-order valence-corrected chi connectivity index (χ1v) is 14.2. The van der Waals surface area contributed by atoms with Gasteiger partial charge in [-0.25, -0.2) is 8.42 Å². The molecule has 35 heavy (non-hydrogen) atoms. The highest BCUT2D eigenvalue weighted by Crippen LogP contribution is 2.56. The molecule has 186 valence electrons. The third kappa shape index (κ3) is 4.24. The zero-order valence-corrected chi connectivity index (χ0v) is 21.0. The largest absolute Gasteiger partial charge is 0.395 e. The van der Waals surface area contributed by atoms with Crippen LogP contribution < -0.4 is 0 Å². The van der Waals surface area contributed by atoms with Crippen molar-refractivity contribution >= 4 is 22.0 Å². The van der Waals surface area contributed by atoms with Crippen LogP contribution in [0.4, 0.5) is 0 Å². The van der Waals surface area contributed by atoms with Crippen LogP contribution in [0.5, 0.6) is 0 Å². The van der Waals surface area contributed by atoms with E-state index in [4.69, 9.17) is 0 Å². The second-order valence-corrected chi connectivity index (χ2v) is 12.1. The summed E-state index contributed by atoms with van der Waals surface area (Å²) in [4.78, 5) is 15.0. The molecule has 5 rings (SSSR count). The maximum Gasteiger partial charge on any atom is 0.225 e. The topological polar surface area (TPSA) is 77.9 Å². The molecule has 6 nitrogen and oxygen atoms in total. The summed E-state index contributed by atoms with van der Waals surface area (Å²) in [5.74, 6) is -0.0576. The number of amides is 1. The maximum absolute atomic E-state index is 13.7. The van der Waals surface area contributed by atoms with Crippen molar-refractivity contribution in [3.63, 3.8) is 0 Å². The first-order valence-electron chi connectivity index (χ1n) is 12.6. The van der Waals surface area contributed by atoms with E-state index in [-0.39, 0.29) is 30.1 Å². The lowest BCUT2D eigenvalue weighted by Gasteiger charge is -2.69. The van der Waals surface area contributed by atoms with E-state index >= 15 is 0 Å². The molecular weight excluding hydrogens is 460 g/mol. The third-order valence-corrected chi connectivity index (χ3v) is 9.91. The minimum Gasteiger partial charge on any atom is -0.395 e. The Bertz CT molecular complexity index is 1180. The van der Waals surface area contributed by atoms with Crippen molar-refractivity contribution in [2.24, 2.45) is 5.92 Å². The summed E-state index contributed by atoms with van der Waals surface area (Å²) >= 11 is 0. The first-order chi connectivity index (χ1) is 16.9. The minimum absolute atomic E-state index is 0.0639. The number of hydrogen-bond donors (Lipinski definition) is 1. The SMILES string of the molecule is C/C=C/c1ccc([C@H]2[C@H](CO)N(S(=O)(=O)Cc3ccccc3)C23CN(C(=O)C2CCCC2)C3)cc1. The fourth-order valence-corrected chi connectivity index (χ4v) is 8.61. The Labute approximate surface area is 208 Å². The lowest BCUT2D eigenvalue weighted by Crippen LogP contribution is -2.86. The number of carbonyl (C=O) groups is 1. The Morgan fingerprint density at radius 3 is 2.31 bits per heavy atom. The van der Waals surface area contributed by atoms with Crippen molar-refractivity contribution < 1.29 is 18.3 Å². The smallest absolute Gasteiger partial charge is 0.225 e. The van der Waals surface area contributed by atoms with Gasteiger partial charge in [0.25, 0.3) is 0 Å². The Morgan fingerprint density at radius 1 is 1.06 bits per heavy atom. The molecule has 3 aliphatic rings. The molecule has 0 radical (unpaired) electrons. The molecule has 1 N–H and O–H groups in total. The number of hydrogen-bond acceptors (Lipinski definition) is 4. The van der Waals surface area contributed by atoms with Crippen LogP contribution in [-0.4, -0.2) is 59.9 Å². The molecule has 2 saturated heterocycles. The van der Waals surface area contributed by atoms with Gasteiger partial charge in [0.2, 0.25) is 15.9 Å². The zero-order chi connectivity index (χ0) is 24.6. The van der Waals surface area contributed by atoms with Crippen molar-refractivity contribution in [3.05, 3.63) is 77.4 Å². The van der Waals surface area contributed by atoms with Gasteiger partial charge in [0.1, 0.15) is 0 Å². The van der Waals surface area contributed by atoms with Crippen molar-refractivity contribution in [2.75, 3.05) is 19.7 Å². The van der Waals surface area contributed by atoms with Crippen LogP contribution in [0.15, 0.2) is 60.7 Å². The second-order valence-electron chi connectivity index (χ2n) is 10.2. The normalized spacial score (nSPS) is 24.6. The molecule has 2 atom stereocenters. The van der Waals surface area contributed by atoms with Crippen molar-refractivity contribution in [2.45, 2.75) is 55.9 Å². The van der Waals surface area contributed by atoms with E-state index in [0.29, 0.717) is 13.1 Å². The minimum atomic E-state index is -3.71. The van der Waals surface area contributed by atoms with Crippen LogP contribution in [0, 0.1) is 5.92 Å².